The molecule has 2 aliphatic rings. The molecule has 2 fully saturated rings. The number of hydrogen-bond donors (Lipinski definition) is 0. The Hall–Kier alpha value is -1.24. The van der Waals surface area contributed by atoms with Gasteiger partial charge in [0.25, 0.3) is 0 Å². The van der Waals surface area contributed by atoms with E-state index in [9.17, 15) is 4.79 Å². The Bertz CT molecular complexity index is 331. The zero-order chi connectivity index (χ0) is 11.9. The summed E-state index contributed by atoms with van der Waals surface area (Å²) in [4.78, 5) is 19.1. The fourth-order valence-electron chi connectivity index (χ4n) is 3.14. The van der Waals surface area contributed by atoms with Crippen molar-refractivity contribution in [2.24, 2.45) is 11.8 Å². The summed E-state index contributed by atoms with van der Waals surface area (Å²) in [5, 5.41) is 0. The van der Waals surface area contributed by atoms with Gasteiger partial charge in [-0.15, -0.1) is 0 Å². The molecule has 1 saturated heterocycles. The molecule has 0 aromatic heterocycles. The lowest BCUT2D eigenvalue weighted by Gasteiger charge is -2.23. The lowest BCUT2D eigenvalue weighted by molar-refractivity contribution is 0.177. The van der Waals surface area contributed by atoms with Gasteiger partial charge in [-0.2, -0.15) is 0 Å². The van der Waals surface area contributed by atoms with Crippen molar-refractivity contribution in [3.8, 4) is 0 Å². The highest BCUT2D eigenvalue weighted by molar-refractivity contribution is 5.74. The number of amides is 2. The van der Waals surface area contributed by atoms with Gasteiger partial charge >= 0.3 is 6.03 Å². The number of likely N-dealkylation sites (tertiary alicyclic amines) is 1. The van der Waals surface area contributed by atoms with E-state index >= 15 is 0 Å². The van der Waals surface area contributed by atoms with E-state index in [1.54, 1.807) is 19.0 Å². The number of nitrogens with zero attached hydrogens (tertiary/aromatic N) is 3. The number of urea groups is 1. The first-order valence-electron chi connectivity index (χ1n) is 5.80. The topological polar surface area (TPSA) is 27.9 Å². The molecule has 1 aliphatic carbocycles. The van der Waals surface area contributed by atoms with Crippen molar-refractivity contribution in [1.82, 2.24) is 9.80 Å². The third-order valence-electron chi connectivity index (χ3n) is 3.90. The number of carbonyl (C=O) groups is 1. The molecule has 1 aliphatic heterocycles. The van der Waals surface area contributed by atoms with Gasteiger partial charge in [0.2, 0.25) is 5.54 Å². The fourth-order valence-corrected chi connectivity index (χ4v) is 3.14. The average Bonchev–Trinajstić information content (AvgIpc) is 2.71. The second-order valence-corrected chi connectivity index (χ2v) is 5.62. The van der Waals surface area contributed by atoms with Crippen LogP contribution < -0.4 is 0 Å². The van der Waals surface area contributed by atoms with Crippen LogP contribution in [0.15, 0.2) is 0 Å². The van der Waals surface area contributed by atoms with Crippen LogP contribution in [0.5, 0.6) is 0 Å². The first kappa shape index (κ1) is 11.3. The van der Waals surface area contributed by atoms with Crippen LogP contribution in [-0.4, -0.2) is 48.6 Å². The molecular formula is C12H19N3O. The van der Waals surface area contributed by atoms with Crippen molar-refractivity contribution in [3.05, 3.63) is 11.4 Å². The van der Waals surface area contributed by atoms with Crippen molar-refractivity contribution in [1.29, 1.82) is 0 Å². The van der Waals surface area contributed by atoms with Crippen molar-refractivity contribution in [2.75, 3.05) is 27.2 Å². The monoisotopic (exact) mass is 221 g/mol. The molecule has 1 heterocycles. The Morgan fingerprint density at radius 1 is 1.38 bits per heavy atom. The van der Waals surface area contributed by atoms with E-state index in [0.29, 0.717) is 11.8 Å². The standard InChI is InChI=1S/C12H19N3O/c1-12(13-2)5-9-7-15(8-10(9)6-12)11(16)14(3)4/h9-10H,5-8H2,1,3-4H3/t9-,10+,12?. The number of carbonyl (C=O) groups excluding carboxylic acids is 1. The van der Waals surface area contributed by atoms with Crippen molar-refractivity contribution >= 4 is 6.03 Å². The smallest absolute Gasteiger partial charge is 0.319 e. The van der Waals surface area contributed by atoms with Crippen molar-refractivity contribution in [3.63, 3.8) is 0 Å². The van der Waals surface area contributed by atoms with Gasteiger partial charge in [0.15, 0.2) is 0 Å². The zero-order valence-corrected chi connectivity index (χ0v) is 10.2. The van der Waals surface area contributed by atoms with E-state index in [2.05, 4.69) is 11.8 Å². The van der Waals surface area contributed by atoms with Gasteiger partial charge in [-0.25, -0.2) is 11.4 Å². The Balaban J connectivity index is 1.99. The molecule has 0 radical (unpaired) electrons. The molecule has 3 atom stereocenters. The Kier molecular flexibility index (Phi) is 2.57. The van der Waals surface area contributed by atoms with E-state index < -0.39 is 0 Å². The van der Waals surface area contributed by atoms with Crippen LogP contribution in [-0.2, 0) is 0 Å². The molecule has 0 aromatic carbocycles. The quantitative estimate of drug-likeness (QED) is 0.572. The molecule has 88 valence electrons. The van der Waals surface area contributed by atoms with E-state index in [1.807, 2.05) is 4.90 Å². The molecule has 0 N–H and O–H groups in total. The lowest BCUT2D eigenvalue weighted by Crippen LogP contribution is -2.38. The van der Waals surface area contributed by atoms with Crippen LogP contribution in [0, 0.1) is 18.4 Å². The molecule has 0 spiro atoms. The summed E-state index contributed by atoms with van der Waals surface area (Å²) >= 11 is 0. The van der Waals surface area contributed by atoms with Crippen molar-refractivity contribution in [2.45, 2.75) is 25.3 Å². The Morgan fingerprint density at radius 3 is 2.25 bits per heavy atom. The van der Waals surface area contributed by atoms with Crippen molar-refractivity contribution < 1.29 is 4.79 Å². The zero-order valence-electron chi connectivity index (χ0n) is 10.2. The van der Waals surface area contributed by atoms with Crippen LogP contribution in [0.2, 0.25) is 0 Å². The Morgan fingerprint density at radius 2 is 1.88 bits per heavy atom. The molecule has 1 saturated carbocycles. The largest absolute Gasteiger partial charge is 0.331 e. The molecule has 4 nitrogen and oxygen atoms in total. The molecule has 2 rings (SSSR count). The minimum absolute atomic E-state index is 0.110. The minimum atomic E-state index is -0.164. The summed E-state index contributed by atoms with van der Waals surface area (Å²) in [6, 6.07) is 0.110. The highest BCUT2D eigenvalue weighted by Crippen LogP contribution is 2.45. The average molecular weight is 221 g/mol. The predicted molar refractivity (Wildman–Crippen MR) is 61.9 cm³/mol. The van der Waals surface area contributed by atoms with Gasteiger partial charge in [0, 0.05) is 47.0 Å². The van der Waals surface area contributed by atoms with Crippen LogP contribution in [0.4, 0.5) is 4.79 Å². The van der Waals surface area contributed by atoms with E-state index in [0.717, 1.165) is 25.9 Å². The maximum absolute atomic E-state index is 11.8. The van der Waals surface area contributed by atoms with Gasteiger partial charge in [0.1, 0.15) is 0 Å². The van der Waals surface area contributed by atoms with Crippen LogP contribution in [0.25, 0.3) is 4.85 Å². The van der Waals surface area contributed by atoms with Gasteiger partial charge in [0.05, 0.1) is 0 Å². The third-order valence-corrected chi connectivity index (χ3v) is 3.90. The molecule has 4 heteroatoms. The first-order valence-corrected chi connectivity index (χ1v) is 5.80. The maximum Gasteiger partial charge on any atom is 0.319 e. The van der Waals surface area contributed by atoms with Crippen LogP contribution in [0.1, 0.15) is 19.8 Å². The summed E-state index contributed by atoms with van der Waals surface area (Å²) in [6.07, 6.45) is 1.91. The third kappa shape index (κ3) is 1.75. The highest BCUT2D eigenvalue weighted by atomic mass is 16.2. The molecular weight excluding hydrogens is 202 g/mol. The van der Waals surface area contributed by atoms with E-state index in [4.69, 9.17) is 6.57 Å². The molecule has 2 amide bonds. The van der Waals surface area contributed by atoms with Crippen LogP contribution in [0.3, 0.4) is 0 Å². The molecule has 0 bridgehead atoms. The normalized spacial score (nSPS) is 37.0. The lowest BCUT2D eigenvalue weighted by atomic mass is 10.00. The van der Waals surface area contributed by atoms with Gasteiger partial charge in [-0.1, -0.05) is 0 Å². The second-order valence-electron chi connectivity index (χ2n) is 5.62. The highest BCUT2D eigenvalue weighted by Gasteiger charge is 2.51. The van der Waals surface area contributed by atoms with E-state index in [-0.39, 0.29) is 11.6 Å². The fraction of sp³-hybridized carbons (Fsp3) is 0.833. The van der Waals surface area contributed by atoms with Gasteiger partial charge in [-0.05, 0) is 11.8 Å². The van der Waals surface area contributed by atoms with Crippen LogP contribution >= 0.6 is 0 Å². The molecule has 0 aromatic rings. The first-order chi connectivity index (χ1) is 7.45. The number of rotatable bonds is 0. The second kappa shape index (κ2) is 3.65. The summed E-state index contributed by atoms with van der Waals surface area (Å²) in [5.74, 6) is 1.09. The van der Waals surface area contributed by atoms with Gasteiger partial charge < -0.3 is 14.6 Å². The van der Waals surface area contributed by atoms with Gasteiger partial charge in [-0.3, -0.25) is 0 Å². The summed E-state index contributed by atoms with van der Waals surface area (Å²) in [6.45, 7) is 10.9. The minimum Gasteiger partial charge on any atom is -0.331 e. The Labute approximate surface area is 97.0 Å². The predicted octanol–water partition coefficient (Wildman–Crippen LogP) is 1.69. The summed E-state index contributed by atoms with van der Waals surface area (Å²) in [7, 11) is 3.58. The maximum atomic E-state index is 11.8. The molecule has 16 heavy (non-hydrogen) atoms. The SMILES string of the molecule is [C-]#[N+]C1(C)C[C@H]2CN(C(=O)N(C)C)C[C@H]2C1. The number of hydrogen-bond acceptors (Lipinski definition) is 1. The molecule has 1 unspecified atom stereocenters. The summed E-state index contributed by atoms with van der Waals surface area (Å²) < 4.78 is 0. The summed E-state index contributed by atoms with van der Waals surface area (Å²) in [5.41, 5.74) is -0.164. The number of fused-ring (bicyclic) bond motifs is 1. The van der Waals surface area contributed by atoms with E-state index in [1.165, 1.54) is 0 Å².